The summed E-state index contributed by atoms with van der Waals surface area (Å²) in [5.41, 5.74) is 0.293. The molecule has 0 saturated heterocycles. The van der Waals surface area contributed by atoms with Gasteiger partial charge in [-0.1, -0.05) is 29.8 Å². The number of carbonyl (C=O) groups is 3. The van der Waals surface area contributed by atoms with E-state index in [1.165, 1.54) is 48.5 Å². The predicted molar refractivity (Wildman–Crippen MR) is 130 cm³/mol. The van der Waals surface area contributed by atoms with E-state index >= 15 is 0 Å². The molecule has 0 radical (unpaired) electrons. The Morgan fingerprint density at radius 1 is 0.917 bits per heavy atom. The number of benzene rings is 3. The maximum Gasteiger partial charge on any atom is 0.339 e. The molecule has 3 aromatic rings. The molecule has 0 saturated carbocycles. The summed E-state index contributed by atoms with van der Waals surface area (Å²) in [6, 6.07) is 14.7. The van der Waals surface area contributed by atoms with Crippen molar-refractivity contribution in [2.75, 3.05) is 30.4 Å². The number of sulfonamides is 1. The highest BCUT2D eigenvalue weighted by atomic mass is 32.2. The van der Waals surface area contributed by atoms with E-state index in [0.717, 1.165) is 25.8 Å². The molecule has 1 N–H and O–H groups in total. The Morgan fingerprint density at radius 2 is 1.56 bits per heavy atom. The molecule has 11 heteroatoms. The van der Waals surface area contributed by atoms with Gasteiger partial charge in [0.15, 0.2) is 0 Å². The topological polar surface area (TPSA) is 119 Å². The van der Waals surface area contributed by atoms with E-state index in [1.807, 2.05) is 0 Å². The van der Waals surface area contributed by atoms with Crippen molar-refractivity contribution in [3.05, 3.63) is 89.2 Å². The van der Waals surface area contributed by atoms with Crippen molar-refractivity contribution < 1.29 is 36.7 Å². The Hall–Kier alpha value is -4.25. The molecule has 0 aliphatic carbocycles. The molecule has 0 bridgehead atoms. The number of hydrogen-bond donors (Lipinski definition) is 1. The Morgan fingerprint density at radius 3 is 2.17 bits per heavy atom. The number of amides is 1. The van der Waals surface area contributed by atoms with Crippen LogP contribution in [0.25, 0.3) is 0 Å². The van der Waals surface area contributed by atoms with Gasteiger partial charge in [0.1, 0.15) is 12.4 Å². The molecule has 0 heterocycles. The van der Waals surface area contributed by atoms with Crippen molar-refractivity contribution in [1.29, 1.82) is 0 Å². The van der Waals surface area contributed by atoms with Crippen molar-refractivity contribution in [2.24, 2.45) is 0 Å². The molecule has 0 spiro atoms. The number of methoxy groups -OCH3 is 2. The van der Waals surface area contributed by atoms with E-state index in [0.29, 0.717) is 4.31 Å². The second-order valence-electron chi connectivity index (χ2n) is 7.57. The summed E-state index contributed by atoms with van der Waals surface area (Å²) >= 11 is 0. The van der Waals surface area contributed by atoms with Crippen LogP contribution >= 0.6 is 0 Å². The molecule has 0 aliphatic heterocycles. The number of nitrogens with one attached hydrogen (secondary N) is 1. The number of ether oxygens (including phenoxy) is 2. The maximum atomic E-state index is 14.7. The van der Waals surface area contributed by atoms with Gasteiger partial charge in [0, 0.05) is 0 Å². The lowest BCUT2D eigenvalue weighted by molar-refractivity contribution is -0.114. The number of halogens is 1. The van der Waals surface area contributed by atoms with Crippen LogP contribution in [-0.4, -0.2) is 47.0 Å². The van der Waals surface area contributed by atoms with Crippen LogP contribution in [0.3, 0.4) is 0 Å². The number of carbonyl (C=O) groups excluding carboxylic acids is 3. The van der Waals surface area contributed by atoms with Crippen LogP contribution in [0.1, 0.15) is 26.3 Å². The number of aryl methyl sites for hydroxylation is 1. The van der Waals surface area contributed by atoms with Gasteiger partial charge < -0.3 is 14.8 Å². The zero-order chi connectivity index (χ0) is 26.5. The third kappa shape index (κ3) is 5.69. The van der Waals surface area contributed by atoms with Crippen molar-refractivity contribution in [2.45, 2.75) is 11.8 Å². The van der Waals surface area contributed by atoms with E-state index in [-0.39, 0.29) is 27.4 Å². The molecule has 0 aliphatic rings. The Balaban J connectivity index is 2.02. The normalized spacial score (nSPS) is 10.9. The highest BCUT2D eigenvalue weighted by Gasteiger charge is 2.29. The lowest BCUT2D eigenvalue weighted by Gasteiger charge is -2.24. The lowest BCUT2D eigenvalue weighted by atomic mass is 10.1. The standard InChI is InChI=1S/C25H23FN2O7S/c1-16-8-11-18(12-9-16)36(32,33)28(22-7-5-4-6-20(22)26)15-23(29)27-21-14-17(24(30)34-2)10-13-19(21)25(31)35-3/h4-14H,15H2,1-3H3,(H,27,29). The minimum absolute atomic E-state index is 0.0266. The highest BCUT2D eigenvalue weighted by Crippen LogP contribution is 2.27. The summed E-state index contributed by atoms with van der Waals surface area (Å²) in [5, 5.41) is 2.42. The van der Waals surface area contributed by atoms with Gasteiger partial charge in [-0.05, 0) is 49.4 Å². The summed E-state index contributed by atoms with van der Waals surface area (Å²) in [4.78, 5) is 37.0. The first-order chi connectivity index (χ1) is 17.1. The number of rotatable bonds is 8. The molecule has 0 unspecified atom stereocenters. The average molecular weight is 515 g/mol. The third-order valence-corrected chi connectivity index (χ3v) is 6.91. The molecular formula is C25H23FN2O7S. The first-order valence-corrected chi connectivity index (χ1v) is 12.0. The number of hydrogen-bond acceptors (Lipinski definition) is 7. The number of esters is 2. The number of para-hydroxylation sites is 1. The van der Waals surface area contributed by atoms with E-state index in [4.69, 9.17) is 4.74 Å². The van der Waals surface area contributed by atoms with Gasteiger partial charge in [0.2, 0.25) is 5.91 Å². The Kier molecular flexibility index (Phi) is 8.05. The smallest absolute Gasteiger partial charge is 0.339 e. The van der Waals surface area contributed by atoms with Gasteiger partial charge in [0.05, 0.1) is 41.6 Å². The van der Waals surface area contributed by atoms with Crippen molar-refractivity contribution in [3.8, 4) is 0 Å². The third-order valence-electron chi connectivity index (χ3n) is 5.14. The molecule has 3 aromatic carbocycles. The quantitative estimate of drug-likeness (QED) is 0.457. The van der Waals surface area contributed by atoms with E-state index in [1.54, 1.807) is 19.1 Å². The van der Waals surface area contributed by atoms with Crippen LogP contribution in [0.15, 0.2) is 71.6 Å². The minimum atomic E-state index is -4.37. The fraction of sp³-hybridized carbons (Fsp3) is 0.160. The molecule has 9 nitrogen and oxygen atoms in total. The van der Waals surface area contributed by atoms with Gasteiger partial charge in [-0.3, -0.25) is 9.10 Å². The van der Waals surface area contributed by atoms with Crippen LogP contribution in [0.4, 0.5) is 15.8 Å². The zero-order valence-electron chi connectivity index (χ0n) is 19.6. The second kappa shape index (κ2) is 11.0. The number of nitrogens with zero attached hydrogens (tertiary/aromatic N) is 1. The van der Waals surface area contributed by atoms with Crippen molar-refractivity contribution in [1.82, 2.24) is 0 Å². The van der Waals surface area contributed by atoms with E-state index < -0.39 is 40.2 Å². The van der Waals surface area contributed by atoms with E-state index in [2.05, 4.69) is 10.1 Å². The van der Waals surface area contributed by atoms with Crippen LogP contribution in [-0.2, 0) is 24.3 Å². The molecule has 3 rings (SSSR count). The average Bonchev–Trinajstić information content (AvgIpc) is 2.87. The summed E-state index contributed by atoms with van der Waals surface area (Å²) in [5.74, 6) is -3.29. The van der Waals surface area contributed by atoms with Crippen molar-refractivity contribution >= 4 is 39.2 Å². The van der Waals surface area contributed by atoms with Crippen LogP contribution < -0.4 is 9.62 Å². The second-order valence-corrected chi connectivity index (χ2v) is 9.43. The summed E-state index contributed by atoms with van der Waals surface area (Å²) in [6.45, 7) is 0.944. The van der Waals surface area contributed by atoms with Crippen LogP contribution in [0.2, 0.25) is 0 Å². The fourth-order valence-electron chi connectivity index (χ4n) is 3.29. The SMILES string of the molecule is COC(=O)c1ccc(C(=O)OC)c(NC(=O)CN(c2ccccc2F)S(=O)(=O)c2ccc(C)cc2)c1. The molecular weight excluding hydrogens is 491 g/mol. The molecule has 0 fully saturated rings. The summed E-state index contributed by atoms with van der Waals surface area (Å²) in [7, 11) is -2.07. The Labute approximate surface area is 207 Å². The monoisotopic (exact) mass is 514 g/mol. The molecule has 188 valence electrons. The number of anilines is 2. The van der Waals surface area contributed by atoms with Crippen molar-refractivity contribution in [3.63, 3.8) is 0 Å². The molecule has 0 aromatic heterocycles. The largest absolute Gasteiger partial charge is 0.465 e. The van der Waals surface area contributed by atoms with Gasteiger partial charge >= 0.3 is 11.9 Å². The first-order valence-electron chi connectivity index (χ1n) is 10.5. The highest BCUT2D eigenvalue weighted by molar-refractivity contribution is 7.92. The maximum absolute atomic E-state index is 14.7. The first kappa shape index (κ1) is 26.4. The van der Waals surface area contributed by atoms with Gasteiger partial charge in [0.25, 0.3) is 10.0 Å². The van der Waals surface area contributed by atoms with Crippen LogP contribution in [0.5, 0.6) is 0 Å². The van der Waals surface area contributed by atoms with E-state index in [9.17, 15) is 27.2 Å². The van der Waals surface area contributed by atoms with Crippen LogP contribution in [0, 0.1) is 12.7 Å². The molecule has 36 heavy (non-hydrogen) atoms. The van der Waals surface area contributed by atoms with Gasteiger partial charge in [-0.15, -0.1) is 0 Å². The fourth-order valence-corrected chi connectivity index (χ4v) is 4.72. The van der Waals surface area contributed by atoms with Gasteiger partial charge in [-0.2, -0.15) is 0 Å². The van der Waals surface area contributed by atoms with Gasteiger partial charge in [-0.25, -0.2) is 22.4 Å². The lowest BCUT2D eigenvalue weighted by Crippen LogP contribution is -2.39. The zero-order valence-corrected chi connectivity index (χ0v) is 20.5. The Bertz CT molecular complexity index is 1410. The minimum Gasteiger partial charge on any atom is -0.465 e. The summed E-state index contributed by atoms with van der Waals surface area (Å²) in [6.07, 6.45) is 0. The molecule has 0 atom stereocenters. The predicted octanol–water partition coefficient (Wildman–Crippen LogP) is 3.54. The molecule has 1 amide bonds. The summed E-state index contributed by atoms with van der Waals surface area (Å²) < 4.78 is 51.5.